The lowest BCUT2D eigenvalue weighted by Crippen LogP contribution is -2.47. The summed E-state index contributed by atoms with van der Waals surface area (Å²) in [5.74, 6) is 0.908. The Morgan fingerprint density at radius 2 is 2.35 bits per heavy atom. The van der Waals surface area contributed by atoms with Crippen molar-refractivity contribution < 1.29 is 9.47 Å². The zero-order chi connectivity index (χ0) is 12.3. The van der Waals surface area contributed by atoms with Gasteiger partial charge in [-0.25, -0.2) is 0 Å². The zero-order valence-corrected chi connectivity index (χ0v) is 10.8. The van der Waals surface area contributed by atoms with Crippen molar-refractivity contribution in [3.05, 3.63) is 29.8 Å². The lowest BCUT2D eigenvalue weighted by molar-refractivity contribution is 0.0881. The molecule has 0 aromatic heterocycles. The van der Waals surface area contributed by atoms with E-state index in [2.05, 4.69) is 31.3 Å². The van der Waals surface area contributed by atoms with Crippen LogP contribution in [0.5, 0.6) is 5.75 Å². The Morgan fingerprint density at radius 1 is 1.53 bits per heavy atom. The first-order valence-corrected chi connectivity index (χ1v) is 6.13. The maximum Gasteiger partial charge on any atom is 0.119 e. The predicted molar refractivity (Wildman–Crippen MR) is 68.3 cm³/mol. The van der Waals surface area contributed by atoms with Gasteiger partial charge in [-0.3, -0.25) is 0 Å². The van der Waals surface area contributed by atoms with Crippen LogP contribution in [0.2, 0.25) is 0 Å². The molecule has 1 aliphatic rings. The number of methoxy groups -OCH3 is 1. The Morgan fingerprint density at radius 3 is 3.00 bits per heavy atom. The Labute approximate surface area is 103 Å². The molecule has 2 rings (SSSR count). The summed E-state index contributed by atoms with van der Waals surface area (Å²) in [5.41, 5.74) is 1.33. The molecule has 0 radical (unpaired) electrons. The molecule has 0 bridgehead atoms. The van der Waals surface area contributed by atoms with Crippen molar-refractivity contribution in [3.63, 3.8) is 0 Å². The maximum absolute atomic E-state index is 5.61. The molecule has 2 unspecified atom stereocenters. The van der Waals surface area contributed by atoms with Gasteiger partial charge in [-0.05, 0) is 38.0 Å². The van der Waals surface area contributed by atoms with Crippen molar-refractivity contribution in [2.75, 3.05) is 13.7 Å². The maximum atomic E-state index is 5.61. The topological polar surface area (TPSA) is 30.5 Å². The third-order valence-corrected chi connectivity index (χ3v) is 3.72. The average molecular weight is 235 g/mol. The monoisotopic (exact) mass is 235 g/mol. The molecule has 17 heavy (non-hydrogen) atoms. The number of nitrogens with one attached hydrogen (secondary N) is 1. The largest absolute Gasteiger partial charge is 0.497 e. The fourth-order valence-corrected chi connectivity index (χ4v) is 2.15. The number of hydrogen-bond acceptors (Lipinski definition) is 3. The van der Waals surface area contributed by atoms with E-state index in [1.807, 2.05) is 12.1 Å². The van der Waals surface area contributed by atoms with Crippen molar-refractivity contribution in [1.82, 2.24) is 5.32 Å². The van der Waals surface area contributed by atoms with Crippen LogP contribution < -0.4 is 10.1 Å². The van der Waals surface area contributed by atoms with Crippen molar-refractivity contribution >= 4 is 0 Å². The van der Waals surface area contributed by atoms with Crippen LogP contribution in [0.4, 0.5) is 0 Å². The van der Waals surface area contributed by atoms with Gasteiger partial charge >= 0.3 is 0 Å². The van der Waals surface area contributed by atoms with Gasteiger partial charge in [0.15, 0.2) is 0 Å². The van der Waals surface area contributed by atoms with Crippen molar-refractivity contribution in [2.45, 2.75) is 38.5 Å². The van der Waals surface area contributed by atoms with E-state index in [0.717, 1.165) is 25.3 Å². The Bertz CT molecular complexity index is 380. The average Bonchev–Trinajstić information content (AvgIpc) is 2.68. The Balaban J connectivity index is 1.97. The van der Waals surface area contributed by atoms with Crippen molar-refractivity contribution in [2.24, 2.45) is 0 Å². The minimum atomic E-state index is 0.0864. The zero-order valence-electron chi connectivity index (χ0n) is 10.8. The van der Waals surface area contributed by atoms with Gasteiger partial charge in [0.1, 0.15) is 5.75 Å². The van der Waals surface area contributed by atoms with Crippen LogP contribution >= 0.6 is 0 Å². The smallest absolute Gasteiger partial charge is 0.119 e. The van der Waals surface area contributed by atoms with Gasteiger partial charge in [-0.2, -0.15) is 0 Å². The molecule has 94 valence electrons. The van der Waals surface area contributed by atoms with Gasteiger partial charge in [0.05, 0.1) is 13.2 Å². The van der Waals surface area contributed by atoms with E-state index in [9.17, 15) is 0 Å². The fraction of sp³-hybridized carbons (Fsp3) is 0.571. The van der Waals surface area contributed by atoms with E-state index in [1.165, 1.54) is 5.56 Å². The van der Waals surface area contributed by atoms with Crippen LogP contribution in [0, 0.1) is 0 Å². The third kappa shape index (κ3) is 2.79. The van der Waals surface area contributed by atoms with E-state index in [4.69, 9.17) is 9.47 Å². The minimum Gasteiger partial charge on any atom is -0.497 e. The molecule has 2 atom stereocenters. The second kappa shape index (κ2) is 5.07. The van der Waals surface area contributed by atoms with Gasteiger partial charge < -0.3 is 14.8 Å². The third-order valence-electron chi connectivity index (χ3n) is 3.72. The van der Waals surface area contributed by atoms with Gasteiger partial charge in [-0.1, -0.05) is 12.1 Å². The van der Waals surface area contributed by atoms with E-state index in [1.54, 1.807) is 7.11 Å². The lowest BCUT2D eigenvalue weighted by Gasteiger charge is -2.29. The summed E-state index contributed by atoms with van der Waals surface area (Å²) in [5, 5.41) is 3.59. The number of hydrogen-bond donors (Lipinski definition) is 1. The molecule has 0 saturated carbocycles. The lowest BCUT2D eigenvalue weighted by atomic mass is 9.94. The second-order valence-corrected chi connectivity index (χ2v) is 4.89. The molecule has 0 amide bonds. The molecule has 0 aliphatic carbocycles. The summed E-state index contributed by atoms with van der Waals surface area (Å²) < 4.78 is 10.8. The second-order valence-electron chi connectivity index (χ2n) is 4.89. The van der Waals surface area contributed by atoms with Crippen LogP contribution in [-0.4, -0.2) is 25.4 Å². The van der Waals surface area contributed by atoms with Crippen molar-refractivity contribution in [1.29, 1.82) is 0 Å². The van der Waals surface area contributed by atoms with E-state index < -0.39 is 0 Å². The predicted octanol–water partition coefficient (Wildman–Crippen LogP) is 2.35. The highest BCUT2D eigenvalue weighted by molar-refractivity contribution is 5.28. The van der Waals surface area contributed by atoms with E-state index in [-0.39, 0.29) is 11.6 Å². The molecule has 0 spiro atoms. The first-order chi connectivity index (χ1) is 8.14. The number of benzene rings is 1. The minimum absolute atomic E-state index is 0.0864. The summed E-state index contributed by atoms with van der Waals surface area (Å²) in [4.78, 5) is 0. The van der Waals surface area contributed by atoms with Crippen LogP contribution in [0.3, 0.4) is 0 Å². The van der Waals surface area contributed by atoms with Gasteiger partial charge in [-0.15, -0.1) is 0 Å². The number of rotatable bonds is 4. The fourth-order valence-electron chi connectivity index (χ4n) is 2.15. The highest BCUT2D eigenvalue weighted by atomic mass is 16.5. The molecule has 1 fully saturated rings. The highest BCUT2D eigenvalue weighted by Gasteiger charge is 2.36. The first kappa shape index (κ1) is 12.4. The van der Waals surface area contributed by atoms with Crippen LogP contribution in [0.1, 0.15) is 25.8 Å². The standard InChI is InChI=1S/C14H21NO2/c1-11-14(2,7-8-17-11)15-10-12-5-4-6-13(9-12)16-3/h4-6,9,11,15H,7-8,10H2,1-3H3. The van der Waals surface area contributed by atoms with Gasteiger partial charge in [0, 0.05) is 18.7 Å². The van der Waals surface area contributed by atoms with Gasteiger partial charge in [0.2, 0.25) is 0 Å². The molecular formula is C14H21NO2. The van der Waals surface area contributed by atoms with Crippen molar-refractivity contribution in [3.8, 4) is 5.75 Å². The molecule has 1 aliphatic heterocycles. The van der Waals surface area contributed by atoms with Crippen LogP contribution in [0.25, 0.3) is 0 Å². The molecule has 1 aromatic rings. The summed E-state index contributed by atoms with van der Waals surface area (Å²) in [6.07, 6.45) is 1.34. The molecule has 1 heterocycles. The SMILES string of the molecule is COc1cccc(CNC2(C)CCOC2C)c1. The molecule has 1 aromatic carbocycles. The quantitative estimate of drug-likeness (QED) is 0.869. The molecule has 1 saturated heterocycles. The molecule has 1 N–H and O–H groups in total. The molecular weight excluding hydrogens is 214 g/mol. The molecule has 3 heteroatoms. The van der Waals surface area contributed by atoms with Gasteiger partial charge in [0.25, 0.3) is 0 Å². The van der Waals surface area contributed by atoms with E-state index >= 15 is 0 Å². The molecule has 3 nitrogen and oxygen atoms in total. The summed E-state index contributed by atoms with van der Waals surface area (Å²) >= 11 is 0. The summed E-state index contributed by atoms with van der Waals surface area (Å²) in [6.45, 7) is 6.06. The number of ether oxygens (including phenoxy) is 2. The highest BCUT2D eigenvalue weighted by Crippen LogP contribution is 2.25. The summed E-state index contributed by atoms with van der Waals surface area (Å²) in [7, 11) is 1.70. The summed E-state index contributed by atoms with van der Waals surface area (Å²) in [6, 6.07) is 8.16. The Kier molecular flexibility index (Phi) is 3.69. The normalized spacial score (nSPS) is 28.3. The van der Waals surface area contributed by atoms with Crippen LogP contribution in [-0.2, 0) is 11.3 Å². The Hall–Kier alpha value is -1.06. The van der Waals surface area contributed by atoms with Crippen LogP contribution in [0.15, 0.2) is 24.3 Å². The first-order valence-electron chi connectivity index (χ1n) is 6.13. The van der Waals surface area contributed by atoms with E-state index in [0.29, 0.717) is 0 Å².